The first kappa shape index (κ1) is 23.5. The van der Waals surface area contributed by atoms with E-state index in [-0.39, 0.29) is 0 Å². The molecule has 0 saturated carbocycles. The van der Waals surface area contributed by atoms with Gasteiger partial charge in [-0.1, -0.05) is 45.8 Å². The van der Waals surface area contributed by atoms with Crippen molar-refractivity contribution < 1.29 is 4.42 Å². The van der Waals surface area contributed by atoms with Crippen LogP contribution in [0.3, 0.4) is 0 Å². The third kappa shape index (κ3) is 5.09. The normalized spacial score (nSPS) is 11.8. The summed E-state index contributed by atoms with van der Waals surface area (Å²) < 4.78 is 7.51. The van der Waals surface area contributed by atoms with Crippen molar-refractivity contribution in [3.63, 3.8) is 0 Å². The Hall–Kier alpha value is -3.22. The number of halogens is 1. The van der Waals surface area contributed by atoms with E-state index in [1.807, 2.05) is 24.3 Å². The van der Waals surface area contributed by atoms with Gasteiger partial charge in [-0.3, -0.25) is 0 Å². The molecule has 0 bridgehead atoms. The van der Waals surface area contributed by atoms with Crippen molar-refractivity contribution in [1.29, 1.82) is 0 Å². The Balaban J connectivity index is 1.67. The lowest BCUT2D eigenvalue weighted by molar-refractivity contribution is 0.547. The molecule has 3 aromatic carbocycles. The summed E-state index contributed by atoms with van der Waals surface area (Å²) in [6.07, 6.45) is 0. The average Bonchev–Trinajstić information content (AvgIpc) is 3.36. The third-order valence-electron chi connectivity index (χ3n) is 6.00. The molecule has 0 unspecified atom stereocenters. The van der Waals surface area contributed by atoms with Crippen LogP contribution in [0.2, 0.25) is 0 Å². The highest BCUT2D eigenvalue weighted by Crippen LogP contribution is 2.31. The van der Waals surface area contributed by atoms with Gasteiger partial charge in [0.05, 0.1) is 16.9 Å². The fraction of sp³-hybridized carbons (Fsp3) is 0.172. The maximum atomic E-state index is 6.46. The predicted octanol–water partition coefficient (Wildman–Crippen LogP) is 8.37. The highest BCUT2D eigenvalue weighted by molar-refractivity contribution is 9.10. The Labute approximate surface area is 217 Å². The molecule has 35 heavy (non-hydrogen) atoms. The van der Waals surface area contributed by atoms with Gasteiger partial charge in [-0.2, -0.15) is 0 Å². The number of rotatable bonds is 6. The highest BCUT2D eigenvalue weighted by Gasteiger charge is 2.13. The fourth-order valence-corrected chi connectivity index (χ4v) is 5.12. The molecule has 0 spiro atoms. The summed E-state index contributed by atoms with van der Waals surface area (Å²) in [4.78, 5) is 12.2. The number of thiazole rings is 1. The molecule has 0 aliphatic rings. The predicted molar refractivity (Wildman–Crippen MR) is 150 cm³/mol. The second-order valence-electron chi connectivity index (χ2n) is 8.35. The van der Waals surface area contributed by atoms with Gasteiger partial charge < -0.3 is 9.32 Å². The van der Waals surface area contributed by atoms with Crippen LogP contribution >= 0.6 is 27.3 Å². The summed E-state index contributed by atoms with van der Waals surface area (Å²) in [6, 6.07) is 24.9. The van der Waals surface area contributed by atoms with E-state index in [0.717, 1.165) is 61.7 Å². The van der Waals surface area contributed by atoms with Gasteiger partial charge >= 0.3 is 0 Å². The summed E-state index contributed by atoms with van der Waals surface area (Å²) >= 11 is 5.11. The van der Waals surface area contributed by atoms with Crippen LogP contribution in [0.25, 0.3) is 32.8 Å². The molecule has 5 rings (SSSR count). The van der Waals surface area contributed by atoms with Crippen LogP contribution in [-0.4, -0.2) is 18.1 Å². The van der Waals surface area contributed by atoms with Gasteiger partial charge in [0.2, 0.25) is 5.55 Å². The van der Waals surface area contributed by atoms with Crippen molar-refractivity contribution in [3.8, 4) is 21.8 Å². The van der Waals surface area contributed by atoms with Crippen LogP contribution < -0.4 is 10.5 Å². The number of hydrogen-bond donors (Lipinski definition) is 0. The lowest BCUT2D eigenvalue weighted by atomic mass is 10.1. The standard InChI is InChI=1S/C29H26BrN3OS/c1-4-33(5-2)24-15-10-21-16-25(29-32-26(18-35-29)20-8-11-22(30)12-9-20)28(34-27(21)17-24)31-23-13-6-19(3)7-14-23/h6-18H,4-5H2,1-3H3. The maximum Gasteiger partial charge on any atom is 0.230 e. The Bertz CT molecular complexity index is 1530. The van der Waals surface area contributed by atoms with Crippen LogP contribution in [0, 0.1) is 6.92 Å². The molecule has 2 aromatic heterocycles. The van der Waals surface area contributed by atoms with Crippen LogP contribution in [0.5, 0.6) is 0 Å². The number of benzene rings is 3. The molecule has 0 saturated heterocycles. The van der Waals surface area contributed by atoms with Crippen molar-refractivity contribution in [3.05, 3.63) is 93.8 Å². The molecule has 4 nitrogen and oxygen atoms in total. The van der Waals surface area contributed by atoms with Crippen molar-refractivity contribution in [2.45, 2.75) is 20.8 Å². The quantitative estimate of drug-likeness (QED) is 0.216. The number of aromatic nitrogens is 1. The molecule has 0 fully saturated rings. The van der Waals surface area contributed by atoms with Gasteiger partial charge in [0.25, 0.3) is 0 Å². The van der Waals surface area contributed by atoms with Crippen molar-refractivity contribution in [2.24, 2.45) is 4.99 Å². The average molecular weight is 545 g/mol. The molecule has 0 aliphatic carbocycles. The van der Waals surface area contributed by atoms with Gasteiger partial charge in [-0.25, -0.2) is 9.98 Å². The molecule has 2 heterocycles. The van der Waals surface area contributed by atoms with E-state index in [2.05, 4.69) is 95.5 Å². The first-order valence-corrected chi connectivity index (χ1v) is 13.4. The van der Waals surface area contributed by atoms with Gasteiger partial charge in [-0.05, 0) is 63.2 Å². The number of anilines is 1. The van der Waals surface area contributed by atoms with Crippen LogP contribution in [-0.2, 0) is 0 Å². The third-order valence-corrected chi connectivity index (χ3v) is 7.41. The van der Waals surface area contributed by atoms with E-state index in [1.165, 1.54) is 5.56 Å². The minimum atomic E-state index is 0.565. The number of nitrogens with zero attached hydrogens (tertiary/aromatic N) is 3. The first-order valence-electron chi connectivity index (χ1n) is 11.7. The van der Waals surface area contributed by atoms with Crippen molar-refractivity contribution >= 4 is 49.6 Å². The van der Waals surface area contributed by atoms with Crippen LogP contribution in [0.15, 0.2) is 92.1 Å². The van der Waals surface area contributed by atoms with E-state index >= 15 is 0 Å². The zero-order valence-electron chi connectivity index (χ0n) is 20.0. The second-order valence-corrected chi connectivity index (χ2v) is 10.1. The molecule has 176 valence electrons. The Morgan fingerprint density at radius 2 is 1.69 bits per heavy atom. The van der Waals surface area contributed by atoms with E-state index in [1.54, 1.807) is 11.3 Å². The monoisotopic (exact) mass is 543 g/mol. The van der Waals surface area contributed by atoms with Crippen molar-refractivity contribution in [2.75, 3.05) is 18.0 Å². The van der Waals surface area contributed by atoms with Gasteiger partial charge in [0.15, 0.2) is 0 Å². The SMILES string of the molecule is CCN(CC)c1ccc2cc(-c3nc(-c4ccc(Br)cc4)cs3)c(=Nc3ccc(C)cc3)oc2c1. The van der Waals surface area contributed by atoms with Gasteiger partial charge in [-0.15, -0.1) is 11.3 Å². The van der Waals surface area contributed by atoms with E-state index in [4.69, 9.17) is 14.4 Å². The highest BCUT2D eigenvalue weighted by atomic mass is 79.9. The molecule has 0 N–H and O–H groups in total. The largest absolute Gasteiger partial charge is 0.438 e. The molecule has 0 radical (unpaired) electrons. The zero-order valence-corrected chi connectivity index (χ0v) is 22.4. The van der Waals surface area contributed by atoms with Crippen molar-refractivity contribution in [1.82, 2.24) is 4.98 Å². The molecule has 0 atom stereocenters. The van der Waals surface area contributed by atoms with Crippen LogP contribution in [0.1, 0.15) is 19.4 Å². The summed E-state index contributed by atoms with van der Waals surface area (Å²) in [5.41, 5.74) is 7.48. The zero-order chi connectivity index (χ0) is 24.4. The summed E-state index contributed by atoms with van der Waals surface area (Å²) in [5.74, 6) is 0. The Morgan fingerprint density at radius 3 is 2.40 bits per heavy atom. The fourth-order valence-electron chi connectivity index (χ4n) is 4.02. The Kier molecular flexibility index (Phi) is 6.84. The minimum Gasteiger partial charge on any atom is -0.438 e. The van der Waals surface area contributed by atoms with Gasteiger partial charge in [0.1, 0.15) is 10.6 Å². The number of hydrogen-bond acceptors (Lipinski definition) is 5. The lowest BCUT2D eigenvalue weighted by Gasteiger charge is -2.21. The molecule has 0 amide bonds. The lowest BCUT2D eigenvalue weighted by Crippen LogP contribution is -2.21. The van der Waals surface area contributed by atoms with Crippen LogP contribution in [0.4, 0.5) is 11.4 Å². The van der Waals surface area contributed by atoms with Gasteiger partial charge in [0, 0.05) is 45.6 Å². The van der Waals surface area contributed by atoms with E-state index < -0.39 is 0 Å². The minimum absolute atomic E-state index is 0.565. The first-order chi connectivity index (χ1) is 17.0. The topological polar surface area (TPSA) is 41.6 Å². The summed E-state index contributed by atoms with van der Waals surface area (Å²) in [7, 11) is 0. The summed E-state index contributed by atoms with van der Waals surface area (Å²) in [6.45, 7) is 8.29. The van der Waals surface area contributed by atoms with E-state index in [0.29, 0.717) is 5.55 Å². The number of fused-ring (bicyclic) bond motifs is 1. The van der Waals surface area contributed by atoms with E-state index in [9.17, 15) is 0 Å². The maximum absolute atomic E-state index is 6.46. The molecule has 0 aliphatic heterocycles. The molecule has 6 heteroatoms. The smallest absolute Gasteiger partial charge is 0.230 e. The molecular formula is C29H26BrN3OS. The molecular weight excluding hydrogens is 518 g/mol. The summed E-state index contributed by atoms with van der Waals surface area (Å²) in [5, 5.41) is 3.99. The second kappa shape index (κ2) is 10.2. The molecule has 5 aromatic rings. The number of aryl methyl sites for hydroxylation is 1. The Morgan fingerprint density at radius 1 is 0.943 bits per heavy atom.